The molecule has 0 unspecified atom stereocenters. The molecule has 0 rings (SSSR count). The van der Waals surface area contributed by atoms with Gasteiger partial charge in [0.1, 0.15) is 0 Å². The van der Waals surface area contributed by atoms with Gasteiger partial charge in [0, 0.05) is 68.0 Å². The second kappa shape index (κ2) is 36.0. The molecule has 6 heteroatoms. The first-order chi connectivity index (χ1) is 7.17. The van der Waals surface area contributed by atoms with E-state index in [2.05, 4.69) is 39.9 Å². The monoisotopic (exact) mass is 310 g/mol. The maximum absolute atomic E-state index is 4.67. The predicted octanol–water partition coefficient (Wildman–Crippen LogP) is 3.49. The van der Waals surface area contributed by atoms with Gasteiger partial charge < -0.3 is 13.6 Å². The summed E-state index contributed by atoms with van der Waals surface area (Å²) in [4.78, 5) is 0. The van der Waals surface area contributed by atoms with Crippen LogP contribution >= 0.6 is 8.60 Å². The van der Waals surface area contributed by atoms with E-state index in [4.69, 9.17) is 0 Å². The predicted molar refractivity (Wildman–Crippen MR) is 74.5 cm³/mol. The second-order valence-corrected chi connectivity index (χ2v) is 3.26. The van der Waals surface area contributed by atoms with E-state index < -0.39 is 8.60 Å². The summed E-state index contributed by atoms with van der Waals surface area (Å²) in [5.74, 6) is 0. The molecule has 0 N–H and O–H groups in total. The van der Waals surface area contributed by atoms with Gasteiger partial charge in [0.25, 0.3) is 0 Å². The van der Waals surface area contributed by atoms with Crippen LogP contribution in [0, 0.1) is 0 Å². The Hall–Kier alpha value is 0.789. The van der Waals surface area contributed by atoms with Crippen LogP contribution in [-0.2, 0) is 30.6 Å². The van der Waals surface area contributed by atoms with Crippen molar-refractivity contribution in [1.82, 2.24) is 0 Å². The first-order valence-electron chi connectivity index (χ1n) is 4.07. The van der Waals surface area contributed by atoms with Crippen LogP contribution in [0.1, 0.15) is 0 Å². The molecule has 0 saturated carbocycles. The summed E-state index contributed by atoms with van der Waals surface area (Å²) >= 11 is 0. The maximum atomic E-state index is 4.67. The van der Waals surface area contributed by atoms with E-state index in [0.717, 1.165) is 0 Å². The number of rotatable bonds is 5. The van der Waals surface area contributed by atoms with E-state index in [0.29, 0.717) is 0 Å². The summed E-state index contributed by atoms with van der Waals surface area (Å²) in [7, 11) is 3.57. The quantitative estimate of drug-likeness (QED) is 0.442. The van der Waals surface area contributed by atoms with Gasteiger partial charge in [0.2, 0.25) is 0 Å². The fourth-order valence-corrected chi connectivity index (χ4v) is 0.671. The average Bonchev–Trinajstić information content (AvgIpc) is 2.32. The SMILES string of the molecule is C=CC=C.C=CC=C.COP(OC)OC.[Mn].[Na]. The van der Waals surface area contributed by atoms with Crippen LogP contribution in [0.15, 0.2) is 50.6 Å². The molecule has 0 bridgehead atoms. The largest absolute Gasteiger partial charge is 0.331 e. The zero-order valence-corrected chi connectivity index (χ0v) is 15.3. The molecule has 0 spiro atoms. The van der Waals surface area contributed by atoms with Gasteiger partial charge >= 0.3 is 8.60 Å². The summed E-state index contributed by atoms with van der Waals surface area (Å²) in [5, 5.41) is 0. The molecule has 0 amide bonds. The standard InChI is InChI=1S/2C4H6.C3H9O3P.Mn.Na/c2*1-3-4-2;1-4-7(5-2)6-3;;/h2*3-4H,1-2H2;1-3H3;;. The normalized spacial score (nSPS) is 6.59. The van der Waals surface area contributed by atoms with Crippen LogP contribution in [0.4, 0.5) is 0 Å². The van der Waals surface area contributed by atoms with Crippen LogP contribution < -0.4 is 0 Å². The fraction of sp³-hybridized carbons (Fsp3) is 0.273. The molecule has 0 heterocycles. The van der Waals surface area contributed by atoms with E-state index in [1.165, 1.54) is 0 Å². The van der Waals surface area contributed by atoms with E-state index in [1.54, 1.807) is 45.6 Å². The van der Waals surface area contributed by atoms with Crippen LogP contribution in [0.3, 0.4) is 0 Å². The van der Waals surface area contributed by atoms with Crippen molar-refractivity contribution in [1.29, 1.82) is 0 Å². The van der Waals surface area contributed by atoms with Gasteiger partial charge in [-0.1, -0.05) is 50.6 Å². The van der Waals surface area contributed by atoms with Crippen molar-refractivity contribution >= 4 is 38.2 Å². The Morgan fingerprint density at radius 1 is 0.706 bits per heavy atom. The van der Waals surface area contributed by atoms with Gasteiger partial charge in [-0.3, -0.25) is 0 Å². The third kappa shape index (κ3) is 47.5. The van der Waals surface area contributed by atoms with Gasteiger partial charge in [0.05, 0.1) is 0 Å². The molecule has 0 fully saturated rings. The van der Waals surface area contributed by atoms with Gasteiger partial charge in [0.15, 0.2) is 0 Å². The van der Waals surface area contributed by atoms with Gasteiger partial charge in [-0.15, -0.1) is 0 Å². The number of hydrogen-bond acceptors (Lipinski definition) is 3. The van der Waals surface area contributed by atoms with E-state index in [9.17, 15) is 0 Å². The Bertz CT molecular complexity index is 135. The topological polar surface area (TPSA) is 27.7 Å². The first kappa shape index (κ1) is 30.7. The van der Waals surface area contributed by atoms with E-state index in [1.807, 2.05) is 0 Å². The molecule has 96 valence electrons. The van der Waals surface area contributed by atoms with Crippen molar-refractivity contribution in [2.45, 2.75) is 0 Å². The fourth-order valence-electron chi connectivity index (χ4n) is 0.224. The molecule has 0 aliphatic rings. The molecule has 0 aliphatic carbocycles. The van der Waals surface area contributed by atoms with Gasteiger partial charge in [-0.05, 0) is 0 Å². The Morgan fingerprint density at radius 3 is 0.882 bits per heavy atom. The molecule has 2 radical (unpaired) electrons. The van der Waals surface area contributed by atoms with Crippen LogP contribution in [0.5, 0.6) is 0 Å². The number of hydrogen-bond donors (Lipinski definition) is 0. The van der Waals surface area contributed by atoms with Crippen LogP contribution in [-0.4, -0.2) is 50.9 Å². The Morgan fingerprint density at radius 2 is 0.882 bits per heavy atom. The van der Waals surface area contributed by atoms with Crippen molar-refractivity contribution < 1.29 is 30.6 Å². The molecular weight excluding hydrogens is 289 g/mol. The molecule has 0 atom stereocenters. The third-order valence-electron chi connectivity index (χ3n) is 0.781. The van der Waals surface area contributed by atoms with Gasteiger partial charge in [-0.2, -0.15) is 0 Å². The van der Waals surface area contributed by atoms with E-state index >= 15 is 0 Å². The van der Waals surface area contributed by atoms with Crippen molar-refractivity contribution in [3.63, 3.8) is 0 Å². The summed E-state index contributed by atoms with van der Waals surface area (Å²) in [6, 6.07) is 0. The third-order valence-corrected chi connectivity index (χ3v) is 1.67. The minimum atomic E-state index is -1.05. The van der Waals surface area contributed by atoms with Crippen molar-refractivity contribution in [3.05, 3.63) is 50.6 Å². The molecular formula is C11H21MnNaO3P. The van der Waals surface area contributed by atoms with Crippen LogP contribution in [0.2, 0.25) is 0 Å². The average molecular weight is 310 g/mol. The van der Waals surface area contributed by atoms with E-state index in [-0.39, 0.29) is 46.6 Å². The Balaban J connectivity index is -0.0000000425. The molecule has 17 heavy (non-hydrogen) atoms. The Kier molecular flexibility index (Phi) is 64.8. The molecule has 3 nitrogen and oxygen atoms in total. The van der Waals surface area contributed by atoms with Gasteiger partial charge in [-0.25, -0.2) is 0 Å². The molecule has 0 aromatic rings. The van der Waals surface area contributed by atoms with Crippen LogP contribution in [0.25, 0.3) is 0 Å². The van der Waals surface area contributed by atoms with Crippen molar-refractivity contribution in [2.75, 3.05) is 21.3 Å². The zero-order valence-electron chi connectivity index (χ0n) is 11.2. The minimum absolute atomic E-state index is 0. The zero-order chi connectivity index (χ0) is 12.5. The Labute approximate surface area is 140 Å². The molecule has 0 aromatic heterocycles. The molecule has 0 aromatic carbocycles. The van der Waals surface area contributed by atoms with Crippen molar-refractivity contribution in [2.24, 2.45) is 0 Å². The summed E-state index contributed by atoms with van der Waals surface area (Å²) in [6.07, 6.45) is 6.56. The number of allylic oxidation sites excluding steroid dienone is 4. The summed E-state index contributed by atoms with van der Waals surface area (Å²) < 4.78 is 14.0. The van der Waals surface area contributed by atoms with Crippen molar-refractivity contribution in [3.8, 4) is 0 Å². The first-order valence-corrected chi connectivity index (χ1v) is 5.17. The maximum Gasteiger partial charge on any atom is 0.331 e. The minimum Gasteiger partial charge on any atom is -0.316 e. The molecule has 0 saturated heterocycles. The summed E-state index contributed by atoms with van der Waals surface area (Å²) in [6.45, 7) is 13.4. The second-order valence-electron chi connectivity index (χ2n) is 1.71. The smallest absolute Gasteiger partial charge is 0.316 e. The molecule has 0 aliphatic heterocycles. The summed E-state index contributed by atoms with van der Waals surface area (Å²) in [5.41, 5.74) is 0.